The number of amides is 1. The molecule has 3 rings (SSSR count). The Hall–Kier alpha value is -2.95. The Morgan fingerprint density at radius 1 is 1.12 bits per heavy atom. The van der Waals surface area contributed by atoms with E-state index in [9.17, 15) is 18.0 Å². The third-order valence-electron chi connectivity index (χ3n) is 5.10. The van der Waals surface area contributed by atoms with Gasteiger partial charge >= 0.3 is 5.97 Å². The van der Waals surface area contributed by atoms with Gasteiger partial charge in [-0.25, -0.2) is 13.2 Å². The molecule has 10 heteroatoms. The van der Waals surface area contributed by atoms with E-state index >= 15 is 0 Å². The highest BCUT2D eigenvalue weighted by Crippen LogP contribution is 2.27. The first-order chi connectivity index (χ1) is 15.3. The van der Waals surface area contributed by atoms with Crippen LogP contribution in [0.2, 0.25) is 0 Å². The Kier molecular flexibility index (Phi) is 7.49. The fourth-order valence-corrected chi connectivity index (χ4v) is 4.79. The second-order valence-electron chi connectivity index (χ2n) is 7.03. The largest absolute Gasteiger partial charge is 0.496 e. The van der Waals surface area contributed by atoms with Crippen molar-refractivity contribution in [2.75, 3.05) is 45.3 Å². The van der Waals surface area contributed by atoms with Gasteiger partial charge in [-0.3, -0.25) is 4.79 Å². The smallest absolute Gasteiger partial charge is 0.338 e. The summed E-state index contributed by atoms with van der Waals surface area (Å²) in [6, 6.07) is 9.04. The number of ether oxygens (including phenoxy) is 3. The molecule has 1 amide bonds. The fourth-order valence-electron chi connectivity index (χ4n) is 3.35. The van der Waals surface area contributed by atoms with E-state index in [1.807, 2.05) is 0 Å². The molecule has 32 heavy (non-hydrogen) atoms. The van der Waals surface area contributed by atoms with Gasteiger partial charge in [-0.1, -0.05) is 6.07 Å². The second-order valence-corrected chi connectivity index (χ2v) is 8.97. The minimum Gasteiger partial charge on any atom is -0.496 e. The normalized spacial score (nSPS) is 14.6. The summed E-state index contributed by atoms with van der Waals surface area (Å²) >= 11 is 0. The molecule has 1 heterocycles. The number of hydrogen-bond acceptors (Lipinski definition) is 7. The average Bonchev–Trinajstić information content (AvgIpc) is 2.80. The number of anilines is 1. The second kappa shape index (κ2) is 10.1. The predicted octanol–water partition coefficient (Wildman–Crippen LogP) is 2.45. The molecule has 2 aromatic carbocycles. The number of hydrogen-bond donors (Lipinski definition) is 1. The monoisotopic (exact) mass is 462 g/mol. The van der Waals surface area contributed by atoms with Crippen molar-refractivity contribution in [2.24, 2.45) is 0 Å². The maximum Gasteiger partial charge on any atom is 0.338 e. The Bertz CT molecular complexity index is 1110. The van der Waals surface area contributed by atoms with Gasteiger partial charge in [0.2, 0.25) is 10.0 Å². The number of methoxy groups -OCH3 is 1. The zero-order valence-electron chi connectivity index (χ0n) is 18.2. The van der Waals surface area contributed by atoms with E-state index in [-0.39, 0.29) is 35.9 Å². The molecule has 0 radical (unpaired) electrons. The van der Waals surface area contributed by atoms with E-state index in [0.717, 1.165) is 0 Å². The number of carbonyl (C=O) groups excluding carboxylic acids is 2. The van der Waals surface area contributed by atoms with Crippen molar-refractivity contribution in [1.82, 2.24) is 4.31 Å². The van der Waals surface area contributed by atoms with Gasteiger partial charge in [-0.15, -0.1) is 0 Å². The van der Waals surface area contributed by atoms with Crippen LogP contribution in [-0.2, 0) is 19.5 Å². The third-order valence-corrected chi connectivity index (χ3v) is 7.00. The van der Waals surface area contributed by atoms with E-state index in [1.54, 1.807) is 32.0 Å². The Morgan fingerprint density at radius 3 is 2.50 bits per heavy atom. The highest BCUT2D eigenvalue weighted by Gasteiger charge is 2.28. The summed E-state index contributed by atoms with van der Waals surface area (Å²) in [4.78, 5) is 25.2. The quantitative estimate of drug-likeness (QED) is 0.629. The van der Waals surface area contributed by atoms with Gasteiger partial charge in [-0.2, -0.15) is 4.31 Å². The van der Waals surface area contributed by atoms with Crippen LogP contribution in [0.15, 0.2) is 41.3 Å². The van der Waals surface area contributed by atoms with Crippen LogP contribution in [-0.4, -0.2) is 64.6 Å². The SMILES string of the molecule is CCOC(=O)c1cccc(NC(=O)c2cc(S(=O)(=O)N3CCOCC3)ccc2OC)c1C. The lowest BCUT2D eigenvalue weighted by atomic mass is 10.1. The van der Waals surface area contributed by atoms with Crippen LogP contribution in [0.1, 0.15) is 33.2 Å². The minimum atomic E-state index is -3.79. The van der Waals surface area contributed by atoms with E-state index in [1.165, 1.54) is 29.6 Å². The molecule has 172 valence electrons. The number of sulfonamides is 1. The molecule has 1 saturated heterocycles. The first-order valence-corrected chi connectivity index (χ1v) is 11.6. The number of esters is 1. The van der Waals surface area contributed by atoms with Crippen molar-refractivity contribution in [3.05, 3.63) is 53.1 Å². The number of benzene rings is 2. The number of nitrogens with one attached hydrogen (secondary N) is 1. The average molecular weight is 463 g/mol. The predicted molar refractivity (Wildman–Crippen MR) is 118 cm³/mol. The van der Waals surface area contributed by atoms with Crippen molar-refractivity contribution >= 4 is 27.6 Å². The maximum atomic E-state index is 13.1. The summed E-state index contributed by atoms with van der Waals surface area (Å²) < 4.78 is 42.9. The van der Waals surface area contributed by atoms with Crippen molar-refractivity contribution in [2.45, 2.75) is 18.7 Å². The first-order valence-electron chi connectivity index (χ1n) is 10.1. The lowest BCUT2D eigenvalue weighted by Crippen LogP contribution is -2.40. The molecule has 0 unspecified atom stereocenters. The van der Waals surface area contributed by atoms with Gasteiger partial charge in [-0.05, 0) is 49.7 Å². The third kappa shape index (κ3) is 4.93. The zero-order valence-corrected chi connectivity index (χ0v) is 19.0. The Balaban J connectivity index is 1.92. The molecule has 1 aliphatic rings. The van der Waals surface area contributed by atoms with Gasteiger partial charge in [0.15, 0.2) is 0 Å². The molecule has 0 spiro atoms. The summed E-state index contributed by atoms with van der Waals surface area (Å²) in [7, 11) is -2.39. The zero-order chi connectivity index (χ0) is 23.3. The van der Waals surface area contributed by atoms with Crippen molar-refractivity contribution in [1.29, 1.82) is 0 Å². The van der Waals surface area contributed by atoms with Crippen LogP contribution in [0, 0.1) is 6.92 Å². The molecule has 0 saturated carbocycles. The number of morpholine rings is 1. The summed E-state index contributed by atoms with van der Waals surface area (Å²) in [5, 5.41) is 2.74. The molecular formula is C22H26N2O7S. The van der Waals surface area contributed by atoms with Gasteiger partial charge in [0.25, 0.3) is 5.91 Å². The molecule has 2 aromatic rings. The van der Waals surface area contributed by atoms with Crippen molar-refractivity contribution in [3.63, 3.8) is 0 Å². The lowest BCUT2D eigenvalue weighted by molar-refractivity contribution is 0.0525. The van der Waals surface area contributed by atoms with Crippen LogP contribution in [0.5, 0.6) is 5.75 Å². The van der Waals surface area contributed by atoms with Crippen molar-refractivity contribution in [3.8, 4) is 5.75 Å². The molecule has 0 atom stereocenters. The van der Waals surface area contributed by atoms with Gasteiger partial charge in [0, 0.05) is 18.8 Å². The van der Waals surface area contributed by atoms with Crippen LogP contribution < -0.4 is 10.1 Å². The summed E-state index contributed by atoms with van der Waals surface area (Å²) in [6.07, 6.45) is 0. The molecule has 0 aromatic heterocycles. The number of nitrogens with zero attached hydrogens (tertiary/aromatic N) is 1. The van der Waals surface area contributed by atoms with Crippen molar-refractivity contribution < 1.29 is 32.2 Å². The molecule has 1 aliphatic heterocycles. The van der Waals surface area contributed by atoms with Gasteiger partial charge < -0.3 is 19.5 Å². The van der Waals surface area contributed by atoms with Crippen LogP contribution in [0.3, 0.4) is 0 Å². The van der Waals surface area contributed by atoms with E-state index in [2.05, 4.69) is 5.32 Å². The minimum absolute atomic E-state index is 0.0117. The topological polar surface area (TPSA) is 111 Å². The van der Waals surface area contributed by atoms with Gasteiger partial charge in [0.05, 0.1) is 43.0 Å². The summed E-state index contributed by atoms with van der Waals surface area (Å²) in [5.74, 6) is -0.829. The molecule has 0 aliphatic carbocycles. The fraction of sp³-hybridized carbons (Fsp3) is 0.364. The number of rotatable bonds is 7. The number of carbonyl (C=O) groups is 2. The highest BCUT2D eigenvalue weighted by atomic mass is 32.2. The van der Waals surface area contributed by atoms with Crippen LogP contribution in [0.25, 0.3) is 0 Å². The maximum absolute atomic E-state index is 13.1. The Labute approximate surface area is 187 Å². The molecular weight excluding hydrogens is 436 g/mol. The lowest BCUT2D eigenvalue weighted by Gasteiger charge is -2.26. The van der Waals surface area contributed by atoms with E-state index in [0.29, 0.717) is 30.0 Å². The molecule has 1 fully saturated rings. The van der Waals surface area contributed by atoms with E-state index < -0.39 is 21.9 Å². The van der Waals surface area contributed by atoms with Crippen LogP contribution in [0.4, 0.5) is 5.69 Å². The standard InChI is InChI=1S/C22H26N2O7S/c1-4-31-22(26)17-6-5-7-19(15(17)2)23-21(25)18-14-16(8-9-20(18)29-3)32(27,28)24-10-12-30-13-11-24/h5-9,14H,4,10-13H2,1-3H3,(H,23,25). The highest BCUT2D eigenvalue weighted by molar-refractivity contribution is 7.89. The summed E-state index contributed by atoms with van der Waals surface area (Å²) in [5.41, 5.74) is 1.34. The van der Waals surface area contributed by atoms with Gasteiger partial charge in [0.1, 0.15) is 5.75 Å². The first kappa shape index (κ1) is 23.7. The van der Waals surface area contributed by atoms with E-state index in [4.69, 9.17) is 14.2 Å². The molecule has 9 nitrogen and oxygen atoms in total. The Morgan fingerprint density at radius 2 is 1.84 bits per heavy atom. The molecule has 1 N–H and O–H groups in total. The van der Waals surface area contributed by atoms with Crippen LogP contribution >= 0.6 is 0 Å². The molecule has 0 bridgehead atoms. The summed E-state index contributed by atoms with van der Waals surface area (Å²) in [6.45, 7) is 4.76.